The van der Waals surface area contributed by atoms with E-state index >= 15 is 0 Å². The third-order valence-corrected chi connectivity index (χ3v) is 5.45. The molecule has 1 aromatic rings. The van der Waals surface area contributed by atoms with Crippen molar-refractivity contribution in [1.29, 1.82) is 0 Å². The summed E-state index contributed by atoms with van der Waals surface area (Å²) in [6, 6.07) is 0.551. The summed E-state index contributed by atoms with van der Waals surface area (Å²) < 4.78 is 8.03. The summed E-state index contributed by atoms with van der Waals surface area (Å²) in [5, 5.41) is 3.81. The van der Waals surface area contributed by atoms with Crippen molar-refractivity contribution in [3.63, 3.8) is 0 Å². The highest BCUT2D eigenvalue weighted by molar-refractivity contribution is 5.10. The van der Waals surface area contributed by atoms with E-state index < -0.39 is 0 Å². The first kappa shape index (κ1) is 15.8. The molecule has 3 rings (SSSR count). The SMILES string of the molecule is CC1=CCC[C@H](C)[C@@H]1CN[C@@H]1CCO[C@@H](c2cncn2C)C1. The van der Waals surface area contributed by atoms with Gasteiger partial charge in [0.1, 0.15) is 6.10 Å². The van der Waals surface area contributed by atoms with Crippen LogP contribution in [-0.4, -0.2) is 28.7 Å². The number of nitrogens with one attached hydrogen (secondary N) is 1. The van der Waals surface area contributed by atoms with Gasteiger partial charge in [-0.3, -0.25) is 0 Å². The van der Waals surface area contributed by atoms with Crippen LogP contribution < -0.4 is 5.32 Å². The van der Waals surface area contributed by atoms with Gasteiger partial charge in [0.25, 0.3) is 0 Å². The number of ether oxygens (including phenoxy) is 1. The first-order valence-electron chi connectivity index (χ1n) is 8.63. The van der Waals surface area contributed by atoms with Crippen LogP contribution in [0.25, 0.3) is 0 Å². The van der Waals surface area contributed by atoms with E-state index in [1.807, 2.05) is 19.6 Å². The van der Waals surface area contributed by atoms with Crippen molar-refractivity contribution in [1.82, 2.24) is 14.9 Å². The zero-order valence-electron chi connectivity index (χ0n) is 14.1. The predicted molar refractivity (Wildman–Crippen MR) is 88.6 cm³/mol. The lowest BCUT2D eigenvalue weighted by Gasteiger charge is -2.34. The Labute approximate surface area is 134 Å². The van der Waals surface area contributed by atoms with Crippen molar-refractivity contribution >= 4 is 0 Å². The highest BCUT2D eigenvalue weighted by Crippen LogP contribution is 2.31. The van der Waals surface area contributed by atoms with Crippen LogP contribution in [0.15, 0.2) is 24.2 Å². The number of hydrogen-bond donors (Lipinski definition) is 1. The summed E-state index contributed by atoms with van der Waals surface area (Å²) in [7, 11) is 2.04. The average molecular weight is 303 g/mol. The number of hydrogen-bond acceptors (Lipinski definition) is 3. The Morgan fingerprint density at radius 3 is 3.00 bits per heavy atom. The van der Waals surface area contributed by atoms with Gasteiger partial charge in [-0.2, -0.15) is 0 Å². The Morgan fingerprint density at radius 1 is 1.41 bits per heavy atom. The second-order valence-electron chi connectivity index (χ2n) is 7.03. The second-order valence-corrected chi connectivity index (χ2v) is 7.03. The van der Waals surface area contributed by atoms with Crippen molar-refractivity contribution in [2.75, 3.05) is 13.2 Å². The van der Waals surface area contributed by atoms with Gasteiger partial charge in [0.2, 0.25) is 0 Å². The topological polar surface area (TPSA) is 39.1 Å². The molecule has 4 nitrogen and oxygen atoms in total. The van der Waals surface area contributed by atoms with Crippen molar-refractivity contribution in [2.24, 2.45) is 18.9 Å². The summed E-state index contributed by atoms with van der Waals surface area (Å²) in [6.07, 6.45) is 11.1. The molecule has 1 saturated heterocycles. The second kappa shape index (κ2) is 6.97. The van der Waals surface area contributed by atoms with E-state index in [1.165, 1.54) is 18.5 Å². The summed E-state index contributed by atoms with van der Waals surface area (Å²) in [5.74, 6) is 1.50. The van der Waals surface area contributed by atoms with Crippen LogP contribution in [0.5, 0.6) is 0 Å². The minimum absolute atomic E-state index is 0.180. The molecule has 0 amide bonds. The largest absolute Gasteiger partial charge is 0.372 e. The molecule has 1 aliphatic heterocycles. The number of aryl methyl sites for hydroxylation is 1. The fraction of sp³-hybridized carbons (Fsp3) is 0.722. The minimum Gasteiger partial charge on any atom is -0.372 e. The molecule has 4 heteroatoms. The van der Waals surface area contributed by atoms with Crippen LogP contribution in [0.3, 0.4) is 0 Å². The number of allylic oxidation sites excluding steroid dienone is 1. The van der Waals surface area contributed by atoms with Crippen LogP contribution in [0, 0.1) is 11.8 Å². The maximum Gasteiger partial charge on any atom is 0.100 e. The lowest BCUT2D eigenvalue weighted by atomic mass is 9.80. The van der Waals surface area contributed by atoms with Crippen LogP contribution in [0.1, 0.15) is 51.3 Å². The summed E-state index contributed by atoms with van der Waals surface area (Å²) in [5.41, 5.74) is 2.76. The van der Waals surface area contributed by atoms with E-state index in [-0.39, 0.29) is 6.10 Å². The fourth-order valence-electron chi connectivity index (χ4n) is 3.90. The van der Waals surface area contributed by atoms with Crippen LogP contribution in [0.2, 0.25) is 0 Å². The highest BCUT2D eigenvalue weighted by atomic mass is 16.5. The Hall–Kier alpha value is -1.13. The molecular formula is C18H29N3O. The van der Waals surface area contributed by atoms with E-state index in [2.05, 4.69) is 34.8 Å². The molecule has 0 aromatic carbocycles. The molecule has 1 aliphatic carbocycles. The average Bonchev–Trinajstić information content (AvgIpc) is 2.93. The molecule has 0 spiro atoms. The van der Waals surface area contributed by atoms with Gasteiger partial charge in [-0.15, -0.1) is 0 Å². The number of nitrogens with zero attached hydrogens (tertiary/aromatic N) is 2. The smallest absolute Gasteiger partial charge is 0.100 e. The minimum atomic E-state index is 0.180. The summed E-state index contributed by atoms with van der Waals surface area (Å²) in [6.45, 7) is 6.63. The van der Waals surface area contributed by atoms with Crippen LogP contribution >= 0.6 is 0 Å². The van der Waals surface area contributed by atoms with Gasteiger partial charge in [-0.05, 0) is 44.4 Å². The molecule has 122 valence electrons. The first-order chi connectivity index (χ1) is 10.6. The molecule has 1 fully saturated rings. The molecule has 0 unspecified atom stereocenters. The number of imidazole rings is 1. The third kappa shape index (κ3) is 3.44. The highest BCUT2D eigenvalue weighted by Gasteiger charge is 2.27. The van der Waals surface area contributed by atoms with Crippen LogP contribution in [0.4, 0.5) is 0 Å². The van der Waals surface area contributed by atoms with Gasteiger partial charge in [-0.25, -0.2) is 4.98 Å². The Bertz CT molecular complexity index is 522. The Kier molecular flexibility index (Phi) is 4.99. The zero-order chi connectivity index (χ0) is 15.5. The van der Waals surface area contributed by atoms with Gasteiger partial charge in [0, 0.05) is 26.2 Å². The Morgan fingerprint density at radius 2 is 2.27 bits per heavy atom. The van der Waals surface area contributed by atoms with Gasteiger partial charge in [0.05, 0.1) is 18.2 Å². The monoisotopic (exact) mass is 303 g/mol. The predicted octanol–water partition coefficient (Wildman–Crippen LogP) is 3.22. The third-order valence-electron chi connectivity index (χ3n) is 5.45. The number of rotatable bonds is 4. The lowest BCUT2D eigenvalue weighted by Crippen LogP contribution is -2.40. The number of aromatic nitrogens is 2. The van der Waals surface area contributed by atoms with E-state index in [9.17, 15) is 0 Å². The van der Waals surface area contributed by atoms with Crippen molar-refractivity contribution in [3.05, 3.63) is 29.9 Å². The molecule has 1 aromatic heterocycles. The lowest BCUT2D eigenvalue weighted by molar-refractivity contribution is -0.00444. The maximum absolute atomic E-state index is 5.96. The standard InChI is InChI=1S/C18H29N3O/c1-13-5-4-6-14(2)16(13)10-20-15-7-8-22-18(9-15)17-11-19-12-21(17)3/h5,11-12,14-16,18,20H,4,6-10H2,1-3H3/t14-,15+,16+,18+/m0/s1. The molecular weight excluding hydrogens is 274 g/mol. The normalized spacial score (nSPS) is 32.8. The Balaban J connectivity index is 1.56. The summed E-state index contributed by atoms with van der Waals surface area (Å²) in [4.78, 5) is 4.22. The molecule has 2 aliphatic rings. The molecule has 22 heavy (non-hydrogen) atoms. The van der Waals surface area contributed by atoms with E-state index in [0.717, 1.165) is 31.9 Å². The molecule has 0 saturated carbocycles. The van der Waals surface area contributed by atoms with Crippen molar-refractivity contribution in [2.45, 2.75) is 51.7 Å². The van der Waals surface area contributed by atoms with Crippen LogP contribution in [-0.2, 0) is 11.8 Å². The van der Waals surface area contributed by atoms with Gasteiger partial charge >= 0.3 is 0 Å². The summed E-state index contributed by atoms with van der Waals surface area (Å²) >= 11 is 0. The quantitative estimate of drug-likeness (QED) is 0.868. The van der Waals surface area contributed by atoms with Gasteiger partial charge in [-0.1, -0.05) is 18.6 Å². The molecule has 4 atom stereocenters. The maximum atomic E-state index is 5.96. The van der Waals surface area contributed by atoms with Crippen molar-refractivity contribution in [3.8, 4) is 0 Å². The zero-order valence-corrected chi connectivity index (χ0v) is 14.1. The van der Waals surface area contributed by atoms with Gasteiger partial charge in [0.15, 0.2) is 0 Å². The van der Waals surface area contributed by atoms with E-state index in [1.54, 1.807) is 5.57 Å². The molecule has 2 heterocycles. The molecule has 0 bridgehead atoms. The van der Waals surface area contributed by atoms with Crippen molar-refractivity contribution < 1.29 is 4.74 Å². The molecule has 1 N–H and O–H groups in total. The van der Waals surface area contributed by atoms with Gasteiger partial charge < -0.3 is 14.6 Å². The molecule has 0 radical (unpaired) electrons. The fourth-order valence-corrected chi connectivity index (χ4v) is 3.90. The first-order valence-corrected chi connectivity index (χ1v) is 8.63. The van der Waals surface area contributed by atoms with E-state index in [4.69, 9.17) is 4.74 Å². The van der Waals surface area contributed by atoms with E-state index in [0.29, 0.717) is 12.0 Å².